The van der Waals surface area contributed by atoms with Crippen LogP contribution in [0.4, 0.5) is 5.69 Å². The molecule has 0 fully saturated rings. The second-order valence-electron chi connectivity index (χ2n) is 6.24. The molecule has 0 aliphatic carbocycles. The molecule has 2 aromatic carbocycles. The number of benzene rings is 2. The molecule has 0 aliphatic rings. The van der Waals surface area contributed by atoms with Crippen LogP contribution >= 0.6 is 0 Å². The van der Waals surface area contributed by atoms with Crippen LogP contribution in [0.1, 0.15) is 34.8 Å². The summed E-state index contributed by atoms with van der Waals surface area (Å²) < 4.78 is 4.67. The predicted octanol–water partition coefficient (Wildman–Crippen LogP) is 3.16. The van der Waals surface area contributed by atoms with Crippen molar-refractivity contribution in [2.45, 2.75) is 26.8 Å². The fraction of sp³-hybridized carbons (Fsp3) is 0.286. The largest absolute Gasteiger partial charge is 0.465 e. The molecule has 0 bridgehead atoms. The zero-order valence-corrected chi connectivity index (χ0v) is 15.8. The first kappa shape index (κ1) is 20.2. The number of nitrogens with one attached hydrogen (secondary N) is 1. The van der Waals surface area contributed by atoms with Gasteiger partial charge in [-0.15, -0.1) is 0 Å². The van der Waals surface area contributed by atoms with Gasteiger partial charge in [-0.05, 0) is 36.2 Å². The van der Waals surface area contributed by atoms with E-state index < -0.39 is 5.97 Å². The number of carbonyl (C=O) groups excluding carboxylic acids is 3. The zero-order chi connectivity index (χ0) is 19.8. The van der Waals surface area contributed by atoms with E-state index in [0.717, 1.165) is 11.1 Å². The number of methoxy groups -OCH3 is 1. The molecule has 6 nitrogen and oxygen atoms in total. The van der Waals surface area contributed by atoms with E-state index in [9.17, 15) is 14.4 Å². The van der Waals surface area contributed by atoms with Crippen LogP contribution in [0, 0.1) is 6.92 Å². The average Bonchev–Trinajstić information content (AvgIpc) is 2.65. The number of anilines is 1. The summed E-state index contributed by atoms with van der Waals surface area (Å²) in [7, 11) is 1.30. The van der Waals surface area contributed by atoms with Gasteiger partial charge in [0.1, 0.15) is 0 Å². The average molecular weight is 368 g/mol. The van der Waals surface area contributed by atoms with E-state index in [4.69, 9.17) is 0 Å². The Morgan fingerprint density at radius 3 is 2.48 bits per heavy atom. The van der Waals surface area contributed by atoms with Crippen LogP contribution in [0.2, 0.25) is 0 Å². The van der Waals surface area contributed by atoms with Crippen molar-refractivity contribution in [2.75, 3.05) is 19.0 Å². The van der Waals surface area contributed by atoms with Crippen molar-refractivity contribution < 1.29 is 19.1 Å². The van der Waals surface area contributed by atoms with Gasteiger partial charge >= 0.3 is 5.97 Å². The van der Waals surface area contributed by atoms with Crippen molar-refractivity contribution in [3.8, 4) is 0 Å². The summed E-state index contributed by atoms with van der Waals surface area (Å²) >= 11 is 0. The van der Waals surface area contributed by atoms with Crippen LogP contribution in [0.15, 0.2) is 48.5 Å². The van der Waals surface area contributed by atoms with Gasteiger partial charge in [0, 0.05) is 32.1 Å². The van der Waals surface area contributed by atoms with Gasteiger partial charge in [0.05, 0.1) is 12.7 Å². The SMILES string of the molecule is COC(=O)c1cccc(NC(=O)CCN(Cc2ccccc2C)C(C)=O)c1. The second kappa shape index (κ2) is 9.52. The lowest BCUT2D eigenvalue weighted by Crippen LogP contribution is -2.31. The van der Waals surface area contributed by atoms with Gasteiger partial charge in [0.15, 0.2) is 0 Å². The molecule has 0 aromatic heterocycles. The standard InChI is InChI=1S/C21H24N2O4/c1-15-7-4-5-8-18(15)14-23(16(2)24)12-11-20(25)22-19-10-6-9-17(13-19)21(26)27-3/h4-10,13H,11-12,14H2,1-3H3,(H,22,25). The molecule has 0 radical (unpaired) electrons. The molecule has 142 valence electrons. The predicted molar refractivity (Wildman–Crippen MR) is 103 cm³/mol. The number of hydrogen-bond acceptors (Lipinski definition) is 4. The quantitative estimate of drug-likeness (QED) is 0.762. The van der Waals surface area contributed by atoms with E-state index in [1.165, 1.54) is 14.0 Å². The number of ether oxygens (including phenoxy) is 1. The Morgan fingerprint density at radius 1 is 1.07 bits per heavy atom. The summed E-state index contributed by atoms with van der Waals surface area (Å²) in [5.41, 5.74) is 3.03. The number of rotatable bonds is 7. The Morgan fingerprint density at radius 2 is 1.81 bits per heavy atom. The van der Waals surface area contributed by atoms with Crippen molar-refractivity contribution in [2.24, 2.45) is 0 Å². The number of nitrogens with zero attached hydrogens (tertiary/aromatic N) is 1. The first-order chi connectivity index (χ1) is 12.9. The van der Waals surface area contributed by atoms with E-state index in [1.807, 2.05) is 31.2 Å². The van der Waals surface area contributed by atoms with Gasteiger partial charge in [-0.1, -0.05) is 30.3 Å². The van der Waals surface area contributed by atoms with Crippen LogP contribution in [-0.2, 0) is 20.9 Å². The van der Waals surface area contributed by atoms with Gasteiger partial charge in [0.25, 0.3) is 0 Å². The fourth-order valence-corrected chi connectivity index (χ4v) is 2.64. The molecular formula is C21H24N2O4. The zero-order valence-electron chi connectivity index (χ0n) is 15.8. The number of esters is 1. The van der Waals surface area contributed by atoms with Crippen LogP contribution in [0.5, 0.6) is 0 Å². The molecule has 0 spiro atoms. The first-order valence-electron chi connectivity index (χ1n) is 8.69. The minimum absolute atomic E-state index is 0.0845. The Bertz CT molecular complexity index is 832. The molecule has 0 unspecified atom stereocenters. The van der Waals surface area contributed by atoms with Crippen molar-refractivity contribution >= 4 is 23.5 Å². The number of amides is 2. The monoisotopic (exact) mass is 368 g/mol. The minimum atomic E-state index is -0.466. The van der Waals surface area contributed by atoms with Gasteiger partial charge in [-0.25, -0.2) is 4.79 Å². The topological polar surface area (TPSA) is 75.7 Å². The molecule has 27 heavy (non-hydrogen) atoms. The normalized spacial score (nSPS) is 10.2. The molecule has 2 rings (SSSR count). The Balaban J connectivity index is 1.95. The van der Waals surface area contributed by atoms with Gasteiger partial charge in [-0.2, -0.15) is 0 Å². The third kappa shape index (κ3) is 5.95. The van der Waals surface area contributed by atoms with Crippen LogP contribution in [0.3, 0.4) is 0 Å². The molecule has 6 heteroatoms. The maximum Gasteiger partial charge on any atom is 0.337 e. The van der Waals surface area contributed by atoms with E-state index in [-0.39, 0.29) is 18.2 Å². The molecular weight excluding hydrogens is 344 g/mol. The lowest BCUT2D eigenvalue weighted by Gasteiger charge is -2.22. The van der Waals surface area contributed by atoms with Gasteiger partial charge in [-0.3, -0.25) is 9.59 Å². The lowest BCUT2D eigenvalue weighted by molar-refractivity contribution is -0.129. The van der Waals surface area contributed by atoms with Crippen molar-refractivity contribution in [3.63, 3.8) is 0 Å². The van der Waals surface area contributed by atoms with Crippen LogP contribution < -0.4 is 5.32 Å². The summed E-state index contributed by atoms with van der Waals surface area (Å²) in [6.45, 7) is 4.27. The van der Waals surface area contributed by atoms with E-state index in [2.05, 4.69) is 10.1 Å². The van der Waals surface area contributed by atoms with E-state index in [1.54, 1.807) is 29.2 Å². The third-order valence-corrected chi connectivity index (χ3v) is 4.24. The molecule has 2 aromatic rings. The smallest absolute Gasteiger partial charge is 0.337 e. The molecule has 0 atom stereocenters. The number of carbonyl (C=O) groups is 3. The van der Waals surface area contributed by atoms with E-state index in [0.29, 0.717) is 24.3 Å². The lowest BCUT2D eigenvalue weighted by atomic mass is 10.1. The molecule has 0 saturated carbocycles. The van der Waals surface area contributed by atoms with Crippen LogP contribution in [-0.4, -0.2) is 36.3 Å². The van der Waals surface area contributed by atoms with Crippen LogP contribution in [0.25, 0.3) is 0 Å². The number of aryl methyl sites for hydroxylation is 1. The highest BCUT2D eigenvalue weighted by Crippen LogP contribution is 2.13. The maximum absolute atomic E-state index is 12.2. The van der Waals surface area contributed by atoms with Crippen molar-refractivity contribution in [1.82, 2.24) is 4.90 Å². The molecule has 0 heterocycles. The second-order valence-corrected chi connectivity index (χ2v) is 6.24. The maximum atomic E-state index is 12.2. The summed E-state index contributed by atoms with van der Waals surface area (Å²) in [6.07, 6.45) is 0.161. The Kier molecular flexibility index (Phi) is 7.11. The minimum Gasteiger partial charge on any atom is -0.465 e. The van der Waals surface area contributed by atoms with Gasteiger partial charge in [0.2, 0.25) is 11.8 Å². The summed E-state index contributed by atoms with van der Waals surface area (Å²) in [4.78, 5) is 37.4. The Labute approximate surface area is 159 Å². The number of hydrogen-bond donors (Lipinski definition) is 1. The van der Waals surface area contributed by atoms with Crippen molar-refractivity contribution in [1.29, 1.82) is 0 Å². The van der Waals surface area contributed by atoms with Gasteiger partial charge < -0.3 is 15.0 Å². The highest BCUT2D eigenvalue weighted by atomic mass is 16.5. The molecule has 0 saturated heterocycles. The summed E-state index contributed by atoms with van der Waals surface area (Å²) in [5, 5.41) is 2.75. The highest BCUT2D eigenvalue weighted by Gasteiger charge is 2.13. The summed E-state index contributed by atoms with van der Waals surface area (Å²) in [6, 6.07) is 14.4. The molecule has 0 aliphatic heterocycles. The van der Waals surface area contributed by atoms with Crippen molar-refractivity contribution in [3.05, 3.63) is 65.2 Å². The highest BCUT2D eigenvalue weighted by molar-refractivity contribution is 5.94. The summed E-state index contributed by atoms with van der Waals surface area (Å²) in [5.74, 6) is -0.779. The third-order valence-electron chi connectivity index (χ3n) is 4.24. The molecule has 2 amide bonds. The fourth-order valence-electron chi connectivity index (χ4n) is 2.64. The Hall–Kier alpha value is -3.15. The first-order valence-corrected chi connectivity index (χ1v) is 8.69. The van der Waals surface area contributed by atoms with E-state index >= 15 is 0 Å². The molecule has 1 N–H and O–H groups in total.